The van der Waals surface area contributed by atoms with Crippen LogP contribution in [0.5, 0.6) is 0 Å². The van der Waals surface area contributed by atoms with E-state index >= 15 is 0 Å². The maximum atomic E-state index is 5.59. The van der Waals surface area contributed by atoms with Gasteiger partial charge in [-0.2, -0.15) is 4.98 Å². The van der Waals surface area contributed by atoms with E-state index in [9.17, 15) is 0 Å². The first-order valence-electron chi connectivity index (χ1n) is 5.43. The molecule has 0 spiro atoms. The third-order valence-electron chi connectivity index (χ3n) is 2.46. The maximum absolute atomic E-state index is 5.59. The second-order valence-electron chi connectivity index (χ2n) is 3.70. The van der Waals surface area contributed by atoms with Gasteiger partial charge in [0.05, 0.1) is 4.47 Å². The largest absolute Gasteiger partial charge is 0.368 e. The SMILES string of the molecule is CCc1cc(Br)ccc1Nc1nc(N)ncc1Br. The van der Waals surface area contributed by atoms with Gasteiger partial charge in [0.2, 0.25) is 5.95 Å². The van der Waals surface area contributed by atoms with Crippen LogP contribution in [0.4, 0.5) is 17.5 Å². The highest BCUT2D eigenvalue weighted by Crippen LogP contribution is 2.27. The molecular weight excluding hydrogens is 360 g/mol. The summed E-state index contributed by atoms with van der Waals surface area (Å²) < 4.78 is 1.84. The van der Waals surface area contributed by atoms with E-state index < -0.39 is 0 Å². The van der Waals surface area contributed by atoms with Crippen LogP contribution >= 0.6 is 31.9 Å². The minimum Gasteiger partial charge on any atom is -0.368 e. The van der Waals surface area contributed by atoms with Crippen molar-refractivity contribution < 1.29 is 0 Å². The van der Waals surface area contributed by atoms with E-state index in [0.29, 0.717) is 5.82 Å². The zero-order valence-electron chi connectivity index (χ0n) is 9.74. The molecule has 0 saturated heterocycles. The first-order chi connectivity index (χ1) is 8.60. The van der Waals surface area contributed by atoms with Crippen molar-refractivity contribution in [1.29, 1.82) is 0 Å². The Hall–Kier alpha value is -1.14. The fourth-order valence-electron chi connectivity index (χ4n) is 1.57. The number of anilines is 3. The molecule has 0 amide bonds. The van der Waals surface area contributed by atoms with Crippen LogP contribution in [0.1, 0.15) is 12.5 Å². The van der Waals surface area contributed by atoms with Gasteiger partial charge in [-0.3, -0.25) is 0 Å². The number of aryl methyl sites for hydroxylation is 1. The summed E-state index contributed by atoms with van der Waals surface area (Å²) in [4.78, 5) is 8.07. The Balaban J connectivity index is 2.36. The highest BCUT2D eigenvalue weighted by atomic mass is 79.9. The van der Waals surface area contributed by atoms with Crippen LogP contribution < -0.4 is 11.1 Å². The van der Waals surface area contributed by atoms with Gasteiger partial charge in [-0.15, -0.1) is 0 Å². The van der Waals surface area contributed by atoms with Gasteiger partial charge in [0.25, 0.3) is 0 Å². The molecule has 18 heavy (non-hydrogen) atoms. The van der Waals surface area contributed by atoms with Crippen molar-refractivity contribution in [3.8, 4) is 0 Å². The third-order valence-corrected chi connectivity index (χ3v) is 3.54. The summed E-state index contributed by atoms with van der Waals surface area (Å²) in [6.45, 7) is 2.11. The molecule has 0 saturated carbocycles. The minimum absolute atomic E-state index is 0.246. The van der Waals surface area contributed by atoms with Crippen molar-refractivity contribution in [3.05, 3.63) is 38.9 Å². The average Bonchev–Trinajstić information content (AvgIpc) is 2.36. The summed E-state index contributed by atoms with van der Waals surface area (Å²) in [6, 6.07) is 6.08. The molecule has 3 N–H and O–H groups in total. The Morgan fingerprint density at radius 3 is 2.83 bits per heavy atom. The zero-order valence-corrected chi connectivity index (χ0v) is 12.9. The average molecular weight is 372 g/mol. The second kappa shape index (κ2) is 5.67. The van der Waals surface area contributed by atoms with Gasteiger partial charge in [0.15, 0.2) is 0 Å². The maximum Gasteiger partial charge on any atom is 0.222 e. The van der Waals surface area contributed by atoms with Gasteiger partial charge in [-0.1, -0.05) is 22.9 Å². The molecule has 0 aliphatic rings. The molecule has 0 aliphatic carbocycles. The van der Waals surface area contributed by atoms with Gasteiger partial charge in [-0.25, -0.2) is 4.98 Å². The van der Waals surface area contributed by atoms with Crippen LogP contribution in [-0.2, 0) is 6.42 Å². The molecule has 1 heterocycles. The van der Waals surface area contributed by atoms with Crippen LogP contribution in [0.2, 0.25) is 0 Å². The number of hydrogen-bond acceptors (Lipinski definition) is 4. The number of hydrogen-bond donors (Lipinski definition) is 2. The lowest BCUT2D eigenvalue weighted by Crippen LogP contribution is -2.02. The number of benzene rings is 1. The lowest BCUT2D eigenvalue weighted by atomic mass is 10.1. The van der Waals surface area contributed by atoms with Gasteiger partial charge in [0.1, 0.15) is 5.82 Å². The van der Waals surface area contributed by atoms with Crippen molar-refractivity contribution >= 4 is 49.3 Å². The van der Waals surface area contributed by atoms with Gasteiger partial charge in [-0.05, 0) is 46.1 Å². The Morgan fingerprint density at radius 2 is 2.11 bits per heavy atom. The Kier molecular flexibility index (Phi) is 4.19. The molecule has 1 aromatic heterocycles. The molecule has 94 valence electrons. The molecular formula is C12H12Br2N4. The fraction of sp³-hybridized carbons (Fsp3) is 0.167. The van der Waals surface area contributed by atoms with Gasteiger partial charge < -0.3 is 11.1 Å². The Bertz CT molecular complexity index is 572. The first-order valence-corrected chi connectivity index (χ1v) is 7.02. The molecule has 0 radical (unpaired) electrons. The first kappa shape index (κ1) is 13.3. The summed E-state index contributed by atoms with van der Waals surface area (Å²) in [7, 11) is 0. The van der Waals surface area contributed by atoms with Crippen molar-refractivity contribution in [2.75, 3.05) is 11.1 Å². The van der Waals surface area contributed by atoms with E-state index in [-0.39, 0.29) is 5.95 Å². The number of nitrogens with one attached hydrogen (secondary N) is 1. The molecule has 6 heteroatoms. The van der Waals surface area contributed by atoms with Gasteiger partial charge in [0, 0.05) is 16.4 Å². The van der Waals surface area contributed by atoms with E-state index in [1.54, 1.807) is 6.20 Å². The van der Waals surface area contributed by atoms with Crippen molar-refractivity contribution in [2.24, 2.45) is 0 Å². The van der Waals surface area contributed by atoms with Gasteiger partial charge >= 0.3 is 0 Å². The van der Waals surface area contributed by atoms with Crippen molar-refractivity contribution in [3.63, 3.8) is 0 Å². The predicted octanol–water partition coefficient (Wildman–Crippen LogP) is 3.89. The number of nitrogens with two attached hydrogens (primary N) is 1. The highest BCUT2D eigenvalue weighted by molar-refractivity contribution is 9.10. The molecule has 4 nitrogen and oxygen atoms in total. The second-order valence-corrected chi connectivity index (χ2v) is 5.47. The Morgan fingerprint density at radius 1 is 1.33 bits per heavy atom. The van der Waals surface area contributed by atoms with Crippen LogP contribution in [0.25, 0.3) is 0 Å². The van der Waals surface area contributed by atoms with Crippen LogP contribution in [-0.4, -0.2) is 9.97 Å². The van der Waals surface area contributed by atoms with Crippen LogP contribution in [0, 0.1) is 0 Å². The van der Waals surface area contributed by atoms with Crippen molar-refractivity contribution in [1.82, 2.24) is 9.97 Å². The molecule has 2 rings (SSSR count). The lowest BCUT2D eigenvalue weighted by Gasteiger charge is -2.12. The minimum atomic E-state index is 0.246. The molecule has 0 aliphatic heterocycles. The molecule has 0 unspecified atom stereocenters. The summed E-state index contributed by atoms with van der Waals surface area (Å²) in [5.41, 5.74) is 7.80. The smallest absolute Gasteiger partial charge is 0.222 e. The normalized spacial score (nSPS) is 10.4. The van der Waals surface area contributed by atoms with E-state index in [4.69, 9.17) is 5.73 Å². The van der Waals surface area contributed by atoms with E-state index in [1.807, 2.05) is 12.1 Å². The van der Waals surface area contributed by atoms with E-state index in [1.165, 1.54) is 5.56 Å². The molecule has 1 aromatic carbocycles. The molecule has 2 aromatic rings. The quantitative estimate of drug-likeness (QED) is 0.858. The van der Waals surface area contributed by atoms with Crippen LogP contribution in [0.15, 0.2) is 33.3 Å². The zero-order chi connectivity index (χ0) is 13.1. The summed E-state index contributed by atoms with van der Waals surface area (Å²) in [5, 5.41) is 3.26. The number of nitrogen functional groups attached to an aromatic ring is 1. The predicted molar refractivity (Wildman–Crippen MR) is 80.9 cm³/mol. The number of halogens is 2. The Labute approximate surface area is 122 Å². The number of aromatic nitrogens is 2. The molecule has 0 fully saturated rings. The topological polar surface area (TPSA) is 63.8 Å². The molecule has 0 atom stereocenters. The highest BCUT2D eigenvalue weighted by Gasteiger charge is 2.07. The standard InChI is InChI=1S/C12H12Br2N4/c1-2-7-5-8(13)3-4-10(7)17-11-9(14)6-16-12(15)18-11/h3-6H,2H2,1H3,(H3,15,16,17,18). The lowest BCUT2D eigenvalue weighted by molar-refractivity contribution is 1.12. The van der Waals surface area contributed by atoms with E-state index in [0.717, 1.165) is 21.1 Å². The third kappa shape index (κ3) is 3.00. The monoisotopic (exact) mass is 370 g/mol. The summed E-state index contributed by atoms with van der Waals surface area (Å²) in [6.07, 6.45) is 2.56. The summed E-state index contributed by atoms with van der Waals surface area (Å²) >= 11 is 6.86. The van der Waals surface area contributed by atoms with E-state index in [2.05, 4.69) is 60.1 Å². The van der Waals surface area contributed by atoms with Crippen LogP contribution in [0.3, 0.4) is 0 Å². The van der Waals surface area contributed by atoms with Crippen molar-refractivity contribution in [2.45, 2.75) is 13.3 Å². The number of nitrogens with zero attached hydrogens (tertiary/aromatic N) is 2. The molecule has 0 bridgehead atoms. The summed E-state index contributed by atoms with van der Waals surface area (Å²) in [5.74, 6) is 0.912. The number of rotatable bonds is 3. The fourth-order valence-corrected chi connectivity index (χ4v) is 2.27.